The van der Waals surface area contributed by atoms with Gasteiger partial charge in [0.15, 0.2) is 0 Å². The summed E-state index contributed by atoms with van der Waals surface area (Å²) in [5.74, 6) is 0.816. The van der Waals surface area contributed by atoms with E-state index in [1.165, 1.54) is 25.9 Å². The Labute approximate surface area is 125 Å². The molecule has 1 heterocycles. The average Bonchev–Trinajstić information content (AvgIpc) is 2.78. The monoisotopic (exact) mass is 282 g/mol. The van der Waals surface area contributed by atoms with Gasteiger partial charge in [0, 0.05) is 30.1 Å². The van der Waals surface area contributed by atoms with Gasteiger partial charge in [-0.15, -0.1) is 0 Å². The normalized spacial score (nSPS) is 34.2. The standard InChI is InChI=1S/C17H34N2O/c1-7-20-15-10-14(17(15,5)6)19-9-8-13(12-19)11-18-16(2,3)4/h13-15,18H,7-12H2,1-6H3. The molecular formula is C17H34N2O. The van der Waals surface area contributed by atoms with Gasteiger partial charge in [-0.2, -0.15) is 0 Å². The molecule has 1 aliphatic heterocycles. The van der Waals surface area contributed by atoms with E-state index in [0.717, 1.165) is 25.1 Å². The molecule has 0 aromatic heterocycles. The van der Waals surface area contributed by atoms with Crippen LogP contribution in [0.15, 0.2) is 0 Å². The number of likely N-dealkylation sites (tertiary alicyclic amines) is 1. The summed E-state index contributed by atoms with van der Waals surface area (Å²) in [6.45, 7) is 18.1. The minimum atomic E-state index is 0.239. The third-order valence-corrected chi connectivity index (χ3v) is 5.17. The van der Waals surface area contributed by atoms with Crippen LogP contribution < -0.4 is 5.32 Å². The highest BCUT2D eigenvalue weighted by Crippen LogP contribution is 2.47. The first-order valence-electron chi connectivity index (χ1n) is 8.34. The highest BCUT2D eigenvalue weighted by molar-refractivity contribution is 5.05. The lowest BCUT2D eigenvalue weighted by Crippen LogP contribution is -2.61. The minimum Gasteiger partial charge on any atom is -0.378 e. The van der Waals surface area contributed by atoms with E-state index in [4.69, 9.17) is 4.74 Å². The highest BCUT2D eigenvalue weighted by atomic mass is 16.5. The van der Waals surface area contributed by atoms with Crippen LogP contribution in [-0.2, 0) is 4.74 Å². The van der Waals surface area contributed by atoms with E-state index in [-0.39, 0.29) is 5.54 Å². The summed E-state index contributed by atoms with van der Waals surface area (Å²) in [5, 5.41) is 3.66. The van der Waals surface area contributed by atoms with Crippen molar-refractivity contribution in [2.75, 3.05) is 26.2 Å². The van der Waals surface area contributed by atoms with Crippen LogP contribution in [0.3, 0.4) is 0 Å². The van der Waals surface area contributed by atoms with Crippen molar-refractivity contribution in [2.24, 2.45) is 11.3 Å². The van der Waals surface area contributed by atoms with E-state index < -0.39 is 0 Å². The average molecular weight is 282 g/mol. The molecule has 0 aromatic rings. The molecule has 20 heavy (non-hydrogen) atoms. The molecule has 0 spiro atoms. The molecule has 0 radical (unpaired) electrons. The van der Waals surface area contributed by atoms with Gasteiger partial charge in [-0.05, 0) is 59.5 Å². The number of nitrogens with one attached hydrogen (secondary N) is 1. The van der Waals surface area contributed by atoms with Gasteiger partial charge in [0.25, 0.3) is 0 Å². The molecular weight excluding hydrogens is 248 g/mol. The third-order valence-electron chi connectivity index (χ3n) is 5.17. The predicted octanol–water partition coefficient (Wildman–Crippen LogP) is 2.90. The Morgan fingerprint density at radius 3 is 2.55 bits per heavy atom. The maximum Gasteiger partial charge on any atom is 0.0655 e. The van der Waals surface area contributed by atoms with Crippen LogP contribution in [-0.4, -0.2) is 48.8 Å². The Kier molecular flexibility index (Phi) is 4.83. The fourth-order valence-corrected chi connectivity index (χ4v) is 3.73. The molecule has 0 bridgehead atoms. The lowest BCUT2D eigenvalue weighted by atomic mass is 9.64. The summed E-state index contributed by atoms with van der Waals surface area (Å²) in [6.07, 6.45) is 3.03. The van der Waals surface area contributed by atoms with Gasteiger partial charge >= 0.3 is 0 Å². The Morgan fingerprint density at radius 2 is 2.00 bits per heavy atom. The van der Waals surface area contributed by atoms with Crippen LogP contribution >= 0.6 is 0 Å². The molecule has 0 aromatic carbocycles. The molecule has 118 valence electrons. The molecule has 1 aliphatic carbocycles. The van der Waals surface area contributed by atoms with E-state index in [1.54, 1.807) is 0 Å². The Bertz CT molecular complexity index is 321. The smallest absolute Gasteiger partial charge is 0.0655 e. The number of hydrogen-bond donors (Lipinski definition) is 1. The van der Waals surface area contributed by atoms with Crippen molar-refractivity contribution in [1.29, 1.82) is 0 Å². The Hall–Kier alpha value is -0.120. The second-order valence-electron chi connectivity index (χ2n) is 8.30. The number of nitrogens with zero attached hydrogens (tertiary/aromatic N) is 1. The van der Waals surface area contributed by atoms with Gasteiger partial charge in [0.2, 0.25) is 0 Å². The van der Waals surface area contributed by atoms with Gasteiger partial charge in [0.1, 0.15) is 0 Å². The quantitative estimate of drug-likeness (QED) is 0.839. The van der Waals surface area contributed by atoms with Crippen LogP contribution in [0.2, 0.25) is 0 Å². The van der Waals surface area contributed by atoms with Crippen LogP contribution in [0.5, 0.6) is 0 Å². The number of rotatable bonds is 5. The zero-order valence-corrected chi connectivity index (χ0v) is 14.3. The molecule has 3 atom stereocenters. The zero-order valence-electron chi connectivity index (χ0n) is 14.3. The first kappa shape index (κ1) is 16.3. The van der Waals surface area contributed by atoms with Gasteiger partial charge in [-0.25, -0.2) is 0 Å². The first-order valence-corrected chi connectivity index (χ1v) is 8.34. The molecule has 1 N–H and O–H groups in total. The molecule has 2 aliphatic rings. The van der Waals surface area contributed by atoms with E-state index >= 15 is 0 Å². The fourth-order valence-electron chi connectivity index (χ4n) is 3.73. The molecule has 2 rings (SSSR count). The van der Waals surface area contributed by atoms with Crippen molar-refractivity contribution >= 4 is 0 Å². The van der Waals surface area contributed by atoms with Crippen molar-refractivity contribution in [3.05, 3.63) is 0 Å². The molecule has 3 unspecified atom stereocenters. The largest absolute Gasteiger partial charge is 0.378 e. The molecule has 0 amide bonds. The summed E-state index contributed by atoms with van der Waals surface area (Å²) < 4.78 is 5.86. The van der Waals surface area contributed by atoms with Crippen molar-refractivity contribution < 1.29 is 4.74 Å². The molecule has 3 heteroatoms. The predicted molar refractivity (Wildman–Crippen MR) is 85.0 cm³/mol. The zero-order chi connectivity index (χ0) is 15.0. The van der Waals surface area contributed by atoms with Crippen LogP contribution in [0.4, 0.5) is 0 Å². The van der Waals surface area contributed by atoms with Crippen LogP contribution in [0.1, 0.15) is 54.4 Å². The summed E-state index contributed by atoms with van der Waals surface area (Å²) >= 11 is 0. The SMILES string of the molecule is CCOC1CC(N2CCC(CNC(C)(C)C)C2)C1(C)C. The summed E-state index contributed by atoms with van der Waals surface area (Å²) in [4.78, 5) is 2.71. The highest BCUT2D eigenvalue weighted by Gasteiger charge is 2.52. The number of hydrogen-bond acceptors (Lipinski definition) is 3. The summed E-state index contributed by atoms with van der Waals surface area (Å²) in [7, 11) is 0. The van der Waals surface area contributed by atoms with Gasteiger partial charge in [0.05, 0.1) is 6.10 Å². The molecule has 2 fully saturated rings. The van der Waals surface area contributed by atoms with Crippen LogP contribution in [0, 0.1) is 11.3 Å². The maximum absolute atomic E-state index is 5.86. The maximum atomic E-state index is 5.86. The first-order chi connectivity index (χ1) is 9.24. The van der Waals surface area contributed by atoms with Gasteiger partial charge in [-0.3, -0.25) is 4.90 Å². The summed E-state index contributed by atoms with van der Waals surface area (Å²) in [5.41, 5.74) is 0.561. The van der Waals surface area contributed by atoms with Gasteiger partial charge in [-0.1, -0.05) is 13.8 Å². The van der Waals surface area contributed by atoms with Crippen molar-refractivity contribution in [3.8, 4) is 0 Å². The van der Waals surface area contributed by atoms with Crippen molar-refractivity contribution in [3.63, 3.8) is 0 Å². The van der Waals surface area contributed by atoms with E-state index in [0.29, 0.717) is 11.5 Å². The van der Waals surface area contributed by atoms with Crippen LogP contribution in [0.25, 0.3) is 0 Å². The number of ether oxygens (including phenoxy) is 1. The fraction of sp³-hybridized carbons (Fsp3) is 1.00. The van der Waals surface area contributed by atoms with Crippen molar-refractivity contribution in [1.82, 2.24) is 10.2 Å². The second kappa shape index (κ2) is 5.94. The van der Waals surface area contributed by atoms with E-state index in [1.807, 2.05) is 0 Å². The minimum absolute atomic E-state index is 0.239. The van der Waals surface area contributed by atoms with Gasteiger partial charge < -0.3 is 10.1 Å². The topological polar surface area (TPSA) is 24.5 Å². The third kappa shape index (κ3) is 3.55. The van der Waals surface area contributed by atoms with Crippen molar-refractivity contribution in [2.45, 2.75) is 72.1 Å². The molecule has 1 saturated heterocycles. The molecule has 3 nitrogen and oxygen atoms in total. The molecule has 1 saturated carbocycles. The lowest BCUT2D eigenvalue weighted by Gasteiger charge is -2.55. The lowest BCUT2D eigenvalue weighted by molar-refractivity contribution is -0.146. The Morgan fingerprint density at radius 1 is 1.30 bits per heavy atom. The van der Waals surface area contributed by atoms with E-state index in [9.17, 15) is 0 Å². The summed E-state index contributed by atoms with van der Waals surface area (Å²) in [6, 6.07) is 0.721. The van der Waals surface area contributed by atoms with E-state index in [2.05, 4.69) is 51.8 Å². The Balaban J connectivity index is 1.79. The second-order valence-corrected chi connectivity index (χ2v) is 8.30.